The number of nitrogens with zero attached hydrogens (tertiary/aromatic N) is 3. The third-order valence-electron chi connectivity index (χ3n) is 5.78. The van der Waals surface area contributed by atoms with E-state index in [1.54, 1.807) is 30.3 Å². The molecule has 1 fully saturated rings. The number of rotatable bonds is 9. The van der Waals surface area contributed by atoms with Crippen LogP contribution < -0.4 is 10.9 Å². The van der Waals surface area contributed by atoms with Crippen LogP contribution in [0.2, 0.25) is 0 Å². The molecule has 1 aromatic carbocycles. The minimum absolute atomic E-state index is 0.0402. The Labute approximate surface area is 222 Å². The zero-order chi connectivity index (χ0) is 28.3. The average molecular weight is 561 g/mol. The number of ether oxygens (including phenoxy) is 3. The zero-order valence-electron chi connectivity index (χ0n) is 21.3. The molecule has 4 atom stereocenters. The first kappa shape index (κ1) is 28.3. The summed E-state index contributed by atoms with van der Waals surface area (Å²) in [7, 11) is -3.24. The number of fused-ring (bicyclic) bond motifs is 1. The van der Waals surface area contributed by atoms with Crippen molar-refractivity contribution in [3.8, 4) is 0 Å². The van der Waals surface area contributed by atoms with Crippen molar-refractivity contribution in [1.29, 1.82) is 0 Å². The number of esters is 1. The Morgan fingerprint density at radius 2 is 1.97 bits per heavy atom. The van der Waals surface area contributed by atoms with E-state index in [2.05, 4.69) is 20.3 Å². The minimum atomic E-state index is -4.58. The molecular weight excluding hydrogens is 533 g/mol. The third-order valence-corrected chi connectivity index (χ3v) is 6.34. The summed E-state index contributed by atoms with van der Waals surface area (Å²) in [6, 6.07) is 8.14. The fourth-order valence-corrected chi connectivity index (χ4v) is 4.51. The molecule has 3 heterocycles. The number of carbonyl (C=O) groups is 2. The smallest absolute Gasteiger partial charge is 0.348 e. The van der Waals surface area contributed by atoms with Gasteiger partial charge in [-0.3, -0.25) is 29.0 Å². The van der Waals surface area contributed by atoms with Crippen LogP contribution in [0, 0.1) is 5.92 Å². The molecule has 0 spiro atoms. The van der Waals surface area contributed by atoms with Gasteiger partial charge in [0.25, 0.3) is 5.56 Å². The van der Waals surface area contributed by atoms with Crippen molar-refractivity contribution in [2.75, 3.05) is 12.4 Å². The second kappa shape index (κ2) is 11.6. The van der Waals surface area contributed by atoms with Crippen LogP contribution in [-0.2, 0) is 23.6 Å². The molecule has 39 heavy (non-hydrogen) atoms. The van der Waals surface area contributed by atoms with Gasteiger partial charge in [-0.2, -0.15) is 4.98 Å². The zero-order valence-corrected chi connectivity index (χ0v) is 22.1. The number of H-pyrrole nitrogens is 1. The van der Waals surface area contributed by atoms with Crippen molar-refractivity contribution in [2.24, 2.45) is 5.92 Å². The van der Waals surface area contributed by atoms with E-state index in [1.165, 1.54) is 18.0 Å². The summed E-state index contributed by atoms with van der Waals surface area (Å²) in [6.07, 6.45) is -1.83. The van der Waals surface area contributed by atoms with Gasteiger partial charge in [0.1, 0.15) is 12.2 Å². The van der Waals surface area contributed by atoms with E-state index in [0.717, 1.165) is 6.08 Å². The Morgan fingerprint density at radius 3 is 2.62 bits per heavy atom. The first-order valence-corrected chi connectivity index (χ1v) is 13.6. The quantitative estimate of drug-likeness (QED) is 0.220. The van der Waals surface area contributed by atoms with E-state index >= 15 is 0 Å². The van der Waals surface area contributed by atoms with E-state index < -0.39 is 43.7 Å². The first-order chi connectivity index (χ1) is 18.5. The highest BCUT2D eigenvalue weighted by Gasteiger charge is 2.48. The molecule has 0 aliphatic carbocycles. The van der Waals surface area contributed by atoms with Crippen molar-refractivity contribution >= 4 is 36.6 Å². The summed E-state index contributed by atoms with van der Waals surface area (Å²) < 4.78 is 30.2. The van der Waals surface area contributed by atoms with E-state index in [-0.39, 0.29) is 40.9 Å². The topological polar surface area (TPSA) is 195 Å². The lowest BCUT2D eigenvalue weighted by Gasteiger charge is -2.23. The van der Waals surface area contributed by atoms with Crippen molar-refractivity contribution in [3.05, 3.63) is 64.5 Å². The minimum Gasteiger partial charge on any atom is -0.453 e. The van der Waals surface area contributed by atoms with Gasteiger partial charge in [-0.25, -0.2) is 9.78 Å². The highest BCUT2D eigenvalue weighted by atomic mass is 31.2. The van der Waals surface area contributed by atoms with Crippen LogP contribution in [0.3, 0.4) is 0 Å². The number of methoxy groups -OCH3 is 1. The molecule has 1 saturated heterocycles. The molecule has 1 aliphatic rings. The number of hydrogen-bond acceptors (Lipinski definition) is 9. The van der Waals surface area contributed by atoms with Crippen LogP contribution in [0.4, 0.5) is 5.95 Å². The van der Waals surface area contributed by atoms with E-state index in [0.29, 0.717) is 5.82 Å². The predicted molar refractivity (Wildman–Crippen MR) is 138 cm³/mol. The summed E-state index contributed by atoms with van der Waals surface area (Å²) in [4.78, 5) is 67.4. The van der Waals surface area contributed by atoms with Gasteiger partial charge in [-0.15, -0.1) is 0 Å². The Morgan fingerprint density at radius 1 is 1.26 bits per heavy atom. The number of benzene rings is 1. The molecule has 1 amide bonds. The van der Waals surface area contributed by atoms with Crippen molar-refractivity contribution in [1.82, 2.24) is 19.5 Å². The maximum atomic E-state index is 12.9. The molecule has 0 bridgehead atoms. The highest BCUT2D eigenvalue weighted by molar-refractivity contribution is 7.55. The number of aromatic nitrogens is 4. The molecular formula is C24H28N5O9P. The van der Waals surface area contributed by atoms with Crippen LogP contribution in [0.5, 0.6) is 0 Å². The second-order valence-electron chi connectivity index (χ2n) is 9.24. The fourth-order valence-electron chi connectivity index (χ4n) is 4.12. The van der Waals surface area contributed by atoms with E-state index in [4.69, 9.17) is 14.2 Å². The molecule has 3 aromatic rings. The SMILES string of the molecule is CO[C@@H]1[C@H](OC(=O)c2ccccc2)[C@@H](/C=C/P(=O)(O)O)O[C@H]1n1cnc2c(=O)[nH]c(NC(=O)CC(C)C)nc21. The molecule has 2 aromatic heterocycles. The standard InChI is InChI=1S/C24H28N5O9P/c1-13(2)11-16(30)26-24-27-20-17(21(31)28-24)25-12-29(20)22-19(36-3)18(15(37-22)9-10-39(33,34)35)38-23(32)14-7-5-4-6-8-14/h4-10,12-13,15,18-19,22H,11H2,1-3H3,(H2,33,34,35)(H2,26,27,28,30,31)/b10-9+/t15-,18-,19-,22-/m1/s1. The second-order valence-corrected chi connectivity index (χ2v) is 10.7. The van der Waals surface area contributed by atoms with Gasteiger partial charge in [0.2, 0.25) is 11.9 Å². The Balaban J connectivity index is 1.71. The number of anilines is 1. The lowest BCUT2D eigenvalue weighted by molar-refractivity contribution is -0.116. The molecule has 0 saturated carbocycles. The van der Waals surface area contributed by atoms with Crippen LogP contribution in [0.15, 0.2) is 53.3 Å². The number of imidazole rings is 1. The molecule has 14 nitrogen and oxygen atoms in total. The molecule has 15 heteroatoms. The predicted octanol–water partition coefficient (Wildman–Crippen LogP) is 1.93. The van der Waals surface area contributed by atoms with Crippen molar-refractivity contribution in [3.63, 3.8) is 0 Å². The number of nitrogens with one attached hydrogen (secondary N) is 2. The van der Waals surface area contributed by atoms with Crippen LogP contribution in [0.25, 0.3) is 11.2 Å². The maximum Gasteiger partial charge on any atom is 0.348 e. The van der Waals surface area contributed by atoms with Gasteiger partial charge in [-0.05, 0) is 24.1 Å². The largest absolute Gasteiger partial charge is 0.453 e. The van der Waals surface area contributed by atoms with Gasteiger partial charge in [0, 0.05) is 19.3 Å². The summed E-state index contributed by atoms with van der Waals surface area (Å²) in [5.74, 6) is -0.429. The van der Waals surface area contributed by atoms with Crippen LogP contribution >= 0.6 is 7.60 Å². The molecule has 0 radical (unpaired) electrons. The maximum absolute atomic E-state index is 12.9. The number of aromatic amines is 1. The van der Waals surface area contributed by atoms with Gasteiger partial charge in [0.15, 0.2) is 23.5 Å². The van der Waals surface area contributed by atoms with Crippen molar-refractivity contribution < 1.29 is 38.2 Å². The Bertz CT molecular complexity index is 1480. The molecule has 4 N–H and O–H groups in total. The number of carbonyl (C=O) groups excluding carboxylic acids is 2. The number of amides is 1. The van der Waals surface area contributed by atoms with Gasteiger partial charge < -0.3 is 24.0 Å². The first-order valence-electron chi connectivity index (χ1n) is 11.9. The lowest BCUT2D eigenvalue weighted by atomic mass is 10.1. The van der Waals surface area contributed by atoms with E-state index in [9.17, 15) is 28.7 Å². The van der Waals surface area contributed by atoms with Gasteiger partial charge in [-0.1, -0.05) is 32.0 Å². The summed E-state index contributed by atoms with van der Waals surface area (Å²) >= 11 is 0. The fraction of sp³-hybridized carbons (Fsp3) is 0.375. The molecule has 4 rings (SSSR count). The number of hydrogen-bond donors (Lipinski definition) is 4. The molecule has 1 aliphatic heterocycles. The summed E-state index contributed by atoms with van der Waals surface area (Å²) in [6.45, 7) is 3.74. The lowest BCUT2D eigenvalue weighted by Crippen LogP contribution is -2.37. The summed E-state index contributed by atoms with van der Waals surface area (Å²) in [5.41, 5.74) is -0.382. The Kier molecular flexibility index (Phi) is 8.42. The van der Waals surface area contributed by atoms with Crippen LogP contribution in [0.1, 0.15) is 36.9 Å². The molecule has 0 unspecified atom stereocenters. The van der Waals surface area contributed by atoms with Gasteiger partial charge in [0.05, 0.1) is 11.9 Å². The third kappa shape index (κ3) is 6.67. The Hall–Kier alpha value is -3.68. The summed E-state index contributed by atoms with van der Waals surface area (Å²) in [5, 5.41) is 2.55. The average Bonchev–Trinajstić information content (AvgIpc) is 3.43. The van der Waals surface area contributed by atoms with Crippen molar-refractivity contribution in [2.45, 2.75) is 44.8 Å². The highest BCUT2D eigenvalue weighted by Crippen LogP contribution is 2.40. The monoisotopic (exact) mass is 561 g/mol. The van der Waals surface area contributed by atoms with E-state index in [1.807, 2.05) is 13.8 Å². The van der Waals surface area contributed by atoms with Crippen LogP contribution in [-0.4, -0.2) is 66.6 Å². The van der Waals surface area contributed by atoms with Gasteiger partial charge >= 0.3 is 13.6 Å². The normalized spacial score (nSPS) is 21.6. The molecule has 208 valence electrons.